The number of aliphatic imine (C=N–C) groups is 1. The standard InChI is InChI=1S/C31H34N2O/c1-4-13-22-18-20-25(21-19-22)30-28(26(5-2)29(33-30)24-16-11-8-12-17-24)31(34)32-27(6-3)23-14-9-7-10-15-23/h7-12,14-21,26-27H,4-6,13H2,1-3H3,(H,32,34). The third-order valence-electron chi connectivity index (χ3n) is 6.57. The lowest BCUT2D eigenvalue weighted by molar-refractivity contribution is -0.118. The van der Waals surface area contributed by atoms with Gasteiger partial charge in [-0.15, -0.1) is 0 Å². The summed E-state index contributed by atoms with van der Waals surface area (Å²) in [7, 11) is 0. The SMILES string of the molecule is CCCc1ccc(C2=C(C(=O)NC(CC)c3ccccc3)C(CC)C(c3ccccc3)=N2)cc1. The molecule has 0 fully saturated rings. The quantitative estimate of drug-likeness (QED) is 0.370. The highest BCUT2D eigenvalue weighted by Crippen LogP contribution is 2.37. The summed E-state index contributed by atoms with van der Waals surface area (Å²) in [6.07, 6.45) is 3.81. The van der Waals surface area contributed by atoms with E-state index in [0.29, 0.717) is 0 Å². The average Bonchev–Trinajstić information content (AvgIpc) is 3.28. The van der Waals surface area contributed by atoms with Crippen LogP contribution in [0.15, 0.2) is 95.5 Å². The van der Waals surface area contributed by atoms with Crippen LogP contribution in [0, 0.1) is 5.92 Å². The van der Waals surface area contributed by atoms with Crippen LogP contribution in [0.5, 0.6) is 0 Å². The van der Waals surface area contributed by atoms with E-state index in [1.165, 1.54) is 5.56 Å². The summed E-state index contributed by atoms with van der Waals surface area (Å²) in [6, 6.07) is 29.0. The minimum absolute atomic E-state index is 0.0233. The molecule has 3 nitrogen and oxygen atoms in total. The number of aryl methyl sites for hydroxylation is 1. The third kappa shape index (κ3) is 5.04. The highest BCUT2D eigenvalue weighted by Gasteiger charge is 2.35. The van der Waals surface area contributed by atoms with E-state index in [9.17, 15) is 4.79 Å². The zero-order chi connectivity index (χ0) is 23.9. The maximum absolute atomic E-state index is 13.8. The van der Waals surface area contributed by atoms with Crippen molar-refractivity contribution in [3.8, 4) is 0 Å². The Hall–Kier alpha value is -3.46. The smallest absolute Gasteiger partial charge is 0.250 e. The first kappa shape index (κ1) is 23.7. The first-order valence-electron chi connectivity index (χ1n) is 12.5. The van der Waals surface area contributed by atoms with Crippen LogP contribution in [0.1, 0.15) is 68.3 Å². The van der Waals surface area contributed by atoms with Crippen molar-refractivity contribution in [2.24, 2.45) is 10.9 Å². The Bertz CT molecular complexity index is 1160. The zero-order valence-corrected chi connectivity index (χ0v) is 20.4. The number of carbonyl (C=O) groups is 1. The minimum atomic E-state index is -0.0407. The summed E-state index contributed by atoms with van der Waals surface area (Å²) in [5.41, 5.74) is 7.07. The molecular weight excluding hydrogens is 416 g/mol. The van der Waals surface area contributed by atoms with Crippen molar-refractivity contribution in [3.05, 3.63) is 113 Å². The minimum Gasteiger partial charge on any atom is -0.345 e. The molecule has 1 heterocycles. The number of rotatable bonds is 9. The summed E-state index contributed by atoms with van der Waals surface area (Å²) in [6.45, 7) is 6.44. The largest absolute Gasteiger partial charge is 0.345 e. The summed E-state index contributed by atoms with van der Waals surface area (Å²) < 4.78 is 0. The fourth-order valence-electron chi connectivity index (χ4n) is 4.78. The molecular formula is C31H34N2O. The van der Waals surface area contributed by atoms with E-state index in [1.807, 2.05) is 36.4 Å². The van der Waals surface area contributed by atoms with Crippen molar-refractivity contribution < 1.29 is 4.79 Å². The fourth-order valence-corrected chi connectivity index (χ4v) is 4.78. The third-order valence-corrected chi connectivity index (χ3v) is 6.57. The number of hydrogen-bond donors (Lipinski definition) is 1. The van der Waals surface area contributed by atoms with Gasteiger partial charge in [-0.3, -0.25) is 9.79 Å². The molecule has 3 aromatic rings. The van der Waals surface area contributed by atoms with Gasteiger partial charge < -0.3 is 5.32 Å². The van der Waals surface area contributed by atoms with Crippen molar-refractivity contribution >= 4 is 17.3 Å². The maximum Gasteiger partial charge on any atom is 0.250 e. The van der Waals surface area contributed by atoms with Crippen LogP contribution in [0.25, 0.3) is 5.70 Å². The molecule has 4 rings (SSSR count). The van der Waals surface area contributed by atoms with Crippen LogP contribution in [-0.4, -0.2) is 11.6 Å². The van der Waals surface area contributed by atoms with Gasteiger partial charge in [-0.2, -0.15) is 0 Å². The van der Waals surface area contributed by atoms with E-state index < -0.39 is 0 Å². The van der Waals surface area contributed by atoms with Crippen molar-refractivity contribution in [1.29, 1.82) is 0 Å². The molecule has 0 radical (unpaired) electrons. The van der Waals surface area contributed by atoms with E-state index in [-0.39, 0.29) is 17.9 Å². The molecule has 0 aromatic heterocycles. The number of nitrogens with one attached hydrogen (secondary N) is 1. The van der Waals surface area contributed by atoms with Crippen LogP contribution < -0.4 is 5.32 Å². The Morgan fingerprint density at radius 1 is 0.853 bits per heavy atom. The predicted molar refractivity (Wildman–Crippen MR) is 142 cm³/mol. The molecule has 0 spiro atoms. The van der Waals surface area contributed by atoms with E-state index in [1.54, 1.807) is 0 Å². The van der Waals surface area contributed by atoms with Crippen LogP contribution in [0.2, 0.25) is 0 Å². The Morgan fingerprint density at radius 2 is 1.50 bits per heavy atom. The number of nitrogens with zero attached hydrogens (tertiary/aromatic N) is 1. The summed E-state index contributed by atoms with van der Waals surface area (Å²) in [5.74, 6) is -0.0640. The normalized spacial score (nSPS) is 16.3. The van der Waals surface area contributed by atoms with Gasteiger partial charge in [0, 0.05) is 11.5 Å². The lowest BCUT2D eigenvalue weighted by atomic mass is 9.87. The molecule has 174 valence electrons. The van der Waals surface area contributed by atoms with E-state index in [4.69, 9.17) is 4.99 Å². The molecule has 0 bridgehead atoms. The molecule has 1 aliphatic rings. The van der Waals surface area contributed by atoms with Crippen LogP contribution in [-0.2, 0) is 11.2 Å². The molecule has 1 amide bonds. The number of benzene rings is 3. The highest BCUT2D eigenvalue weighted by molar-refractivity contribution is 6.18. The molecule has 2 unspecified atom stereocenters. The van der Waals surface area contributed by atoms with Crippen LogP contribution >= 0.6 is 0 Å². The van der Waals surface area contributed by atoms with Crippen molar-refractivity contribution in [2.75, 3.05) is 0 Å². The van der Waals surface area contributed by atoms with Gasteiger partial charge in [0.25, 0.3) is 5.91 Å². The second-order valence-electron chi connectivity index (χ2n) is 8.88. The van der Waals surface area contributed by atoms with Crippen molar-refractivity contribution in [1.82, 2.24) is 5.32 Å². The Morgan fingerprint density at radius 3 is 2.09 bits per heavy atom. The van der Waals surface area contributed by atoms with Crippen molar-refractivity contribution in [2.45, 2.75) is 52.5 Å². The van der Waals surface area contributed by atoms with Gasteiger partial charge in [-0.1, -0.05) is 112 Å². The van der Waals surface area contributed by atoms with Crippen molar-refractivity contribution in [3.63, 3.8) is 0 Å². The topological polar surface area (TPSA) is 41.5 Å². The number of hydrogen-bond acceptors (Lipinski definition) is 2. The van der Waals surface area contributed by atoms with Gasteiger partial charge in [-0.25, -0.2) is 0 Å². The molecule has 1 N–H and O–H groups in total. The predicted octanol–water partition coefficient (Wildman–Crippen LogP) is 7.15. The molecule has 2 atom stereocenters. The Kier molecular flexibility index (Phi) is 7.74. The molecule has 0 saturated carbocycles. The van der Waals surface area contributed by atoms with Gasteiger partial charge in [-0.05, 0) is 36.0 Å². The summed E-state index contributed by atoms with van der Waals surface area (Å²) >= 11 is 0. The van der Waals surface area contributed by atoms with E-state index in [0.717, 1.165) is 59.4 Å². The second-order valence-corrected chi connectivity index (χ2v) is 8.88. The maximum atomic E-state index is 13.8. The van der Waals surface area contributed by atoms with Crippen LogP contribution in [0.4, 0.5) is 0 Å². The monoisotopic (exact) mass is 450 g/mol. The second kappa shape index (κ2) is 11.1. The lowest BCUT2D eigenvalue weighted by Gasteiger charge is -2.21. The van der Waals surface area contributed by atoms with E-state index in [2.05, 4.69) is 74.6 Å². The molecule has 0 aliphatic carbocycles. The summed E-state index contributed by atoms with van der Waals surface area (Å²) in [5, 5.41) is 3.32. The highest BCUT2D eigenvalue weighted by atomic mass is 16.1. The fraction of sp³-hybridized carbons (Fsp3) is 0.290. The van der Waals surface area contributed by atoms with Gasteiger partial charge in [0.05, 0.1) is 23.0 Å². The first-order chi connectivity index (χ1) is 16.7. The first-order valence-corrected chi connectivity index (χ1v) is 12.5. The molecule has 34 heavy (non-hydrogen) atoms. The van der Waals surface area contributed by atoms with Gasteiger partial charge in [0.1, 0.15) is 0 Å². The molecule has 3 aromatic carbocycles. The molecule has 0 saturated heterocycles. The number of amides is 1. The Labute approximate surface area is 203 Å². The van der Waals surface area contributed by atoms with E-state index >= 15 is 0 Å². The van der Waals surface area contributed by atoms with Gasteiger partial charge >= 0.3 is 0 Å². The van der Waals surface area contributed by atoms with Gasteiger partial charge in [0.2, 0.25) is 0 Å². The van der Waals surface area contributed by atoms with Gasteiger partial charge in [0.15, 0.2) is 0 Å². The average molecular weight is 451 g/mol. The lowest BCUT2D eigenvalue weighted by Crippen LogP contribution is -2.33. The zero-order valence-electron chi connectivity index (χ0n) is 20.4. The molecule has 1 aliphatic heterocycles. The summed E-state index contributed by atoms with van der Waals surface area (Å²) in [4.78, 5) is 18.9. The van der Waals surface area contributed by atoms with Crippen LogP contribution in [0.3, 0.4) is 0 Å². The number of carbonyl (C=O) groups excluding carboxylic acids is 1. The Balaban J connectivity index is 1.74. The molecule has 3 heteroatoms.